The molecule has 4 rings (SSSR count). The molecule has 0 aliphatic carbocycles. The number of nitrogens with zero attached hydrogens (tertiary/aromatic N) is 4. The Morgan fingerprint density at radius 1 is 1.17 bits per heavy atom. The lowest BCUT2D eigenvalue weighted by Gasteiger charge is -2.08. The fraction of sp³-hybridized carbons (Fsp3) is 0.333. The Labute approximate surface area is 172 Å². The van der Waals surface area contributed by atoms with Crippen LogP contribution in [0, 0.1) is 0 Å². The quantitative estimate of drug-likeness (QED) is 0.485. The summed E-state index contributed by atoms with van der Waals surface area (Å²) in [6.07, 6.45) is 2.55. The van der Waals surface area contributed by atoms with E-state index in [1.165, 1.54) is 11.3 Å². The summed E-state index contributed by atoms with van der Waals surface area (Å²) in [5.74, 6) is 1.38. The number of carbonyl (C=O) groups excluding carboxylic acids is 1. The molecule has 0 aliphatic rings. The van der Waals surface area contributed by atoms with Crippen LogP contribution in [0.2, 0.25) is 0 Å². The average molecular weight is 410 g/mol. The van der Waals surface area contributed by atoms with Crippen molar-refractivity contribution in [3.63, 3.8) is 0 Å². The molecule has 1 aromatic carbocycles. The van der Waals surface area contributed by atoms with E-state index in [-0.39, 0.29) is 11.5 Å². The Kier molecular flexibility index (Phi) is 5.71. The molecule has 3 heterocycles. The van der Waals surface area contributed by atoms with Gasteiger partial charge in [0.2, 0.25) is 11.7 Å². The second-order valence-corrected chi connectivity index (χ2v) is 7.88. The first-order chi connectivity index (χ1) is 14.2. The molecule has 1 N–H and O–H groups in total. The predicted molar refractivity (Wildman–Crippen MR) is 114 cm³/mol. The number of aromatic nitrogens is 4. The molecule has 7 nitrogen and oxygen atoms in total. The van der Waals surface area contributed by atoms with Gasteiger partial charge in [0.15, 0.2) is 0 Å². The highest BCUT2D eigenvalue weighted by Gasteiger charge is 2.17. The number of carbonyl (C=O) groups is 1. The summed E-state index contributed by atoms with van der Waals surface area (Å²) in [6, 6.07) is 11.8. The summed E-state index contributed by atoms with van der Waals surface area (Å²) < 4.78 is 4.37. The maximum atomic E-state index is 12.7. The first-order valence-electron chi connectivity index (χ1n) is 9.83. The Bertz CT molecular complexity index is 1190. The van der Waals surface area contributed by atoms with Crippen LogP contribution in [0.1, 0.15) is 37.6 Å². The van der Waals surface area contributed by atoms with Crippen molar-refractivity contribution in [3.8, 4) is 0 Å². The van der Waals surface area contributed by atoms with Gasteiger partial charge in [0.25, 0.3) is 5.56 Å². The van der Waals surface area contributed by atoms with Gasteiger partial charge < -0.3 is 5.32 Å². The van der Waals surface area contributed by atoms with Crippen LogP contribution in [0.25, 0.3) is 16.0 Å². The predicted octanol–water partition coefficient (Wildman–Crippen LogP) is 3.15. The van der Waals surface area contributed by atoms with Crippen LogP contribution in [0.4, 0.5) is 0 Å². The number of fused-ring (bicyclic) bond motifs is 3. The van der Waals surface area contributed by atoms with Crippen LogP contribution in [-0.4, -0.2) is 25.1 Å². The van der Waals surface area contributed by atoms with E-state index in [4.69, 9.17) is 0 Å². The van der Waals surface area contributed by atoms with Crippen molar-refractivity contribution < 1.29 is 4.79 Å². The van der Waals surface area contributed by atoms with Gasteiger partial charge in [-0.1, -0.05) is 37.3 Å². The van der Waals surface area contributed by atoms with Gasteiger partial charge in [-0.05, 0) is 29.9 Å². The van der Waals surface area contributed by atoms with E-state index in [2.05, 4.69) is 15.5 Å². The lowest BCUT2D eigenvalue weighted by molar-refractivity contribution is -0.121. The third-order valence-electron chi connectivity index (χ3n) is 4.86. The summed E-state index contributed by atoms with van der Waals surface area (Å²) >= 11 is 1.44. The van der Waals surface area contributed by atoms with E-state index in [0.29, 0.717) is 42.8 Å². The van der Waals surface area contributed by atoms with Gasteiger partial charge in [-0.15, -0.1) is 21.5 Å². The average Bonchev–Trinajstić information content (AvgIpc) is 3.37. The number of hydrogen-bond acceptors (Lipinski definition) is 5. The molecule has 8 heteroatoms. The minimum atomic E-state index is -0.0106. The fourth-order valence-corrected chi connectivity index (χ4v) is 4.28. The van der Waals surface area contributed by atoms with Crippen LogP contribution < -0.4 is 10.9 Å². The monoisotopic (exact) mass is 409 g/mol. The number of thiophene rings is 1. The fourth-order valence-electron chi connectivity index (χ4n) is 3.46. The van der Waals surface area contributed by atoms with Crippen molar-refractivity contribution >= 4 is 33.2 Å². The van der Waals surface area contributed by atoms with Gasteiger partial charge in [-0.25, -0.2) is 0 Å². The zero-order valence-corrected chi connectivity index (χ0v) is 17.1. The molecule has 0 atom stereocenters. The zero-order chi connectivity index (χ0) is 20.2. The number of nitrogens with one attached hydrogen (secondary N) is 1. The van der Waals surface area contributed by atoms with E-state index in [9.17, 15) is 9.59 Å². The molecule has 29 heavy (non-hydrogen) atoms. The first kappa shape index (κ1) is 19.3. The van der Waals surface area contributed by atoms with Gasteiger partial charge in [-0.2, -0.15) is 0 Å². The minimum absolute atomic E-state index is 0.0106. The van der Waals surface area contributed by atoms with Crippen molar-refractivity contribution in [2.24, 2.45) is 0 Å². The molecular weight excluding hydrogens is 386 g/mol. The summed E-state index contributed by atoms with van der Waals surface area (Å²) in [6.45, 7) is 3.18. The second-order valence-electron chi connectivity index (χ2n) is 6.96. The van der Waals surface area contributed by atoms with Crippen LogP contribution in [0.15, 0.2) is 46.6 Å². The van der Waals surface area contributed by atoms with Gasteiger partial charge >= 0.3 is 0 Å². The van der Waals surface area contributed by atoms with Gasteiger partial charge in [0.1, 0.15) is 10.5 Å². The van der Waals surface area contributed by atoms with Crippen molar-refractivity contribution in [2.45, 2.75) is 45.7 Å². The van der Waals surface area contributed by atoms with E-state index >= 15 is 0 Å². The number of benzene rings is 1. The molecule has 0 bridgehead atoms. The molecule has 0 unspecified atom stereocenters. The van der Waals surface area contributed by atoms with Crippen LogP contribution in [0.5, 0.6) is 0 Å². The maximum absolute atomic E-state index is 12.7. The van der Waals surface area contributed by atoms with Crippen LogP contribution in [-0.2, 0) is 24.3 Å². The zero-order valence-electron chi connectivity index (χ0n) is 16.3. The van der Waals surface area contributed by atoms with E-state index in [1.54, 1.807) is 4.57 Å². The molecule has 0 aliphatic heterocycles. The Morgan fingerprint density at radius 2 is 2.00 bits per heavy atom. The highest BCUT2D eigenvalue weighted by Crippen LogP contribution is 2.20. The third-order valence-corrected chi connectivity index (χ3v) is 5.75. The molecular formula is C21H23N5O2S. The van der Waals surface area contributed by atoms with Gasteiger partial charge in [-0.3, -0.25) is 18.6 Å². The third kappa shape index (κ3) is 3.93. The number of amides is 1. The molecule has 4 aromatic rings. The molecule has 1 amide bonds. The Hall–Kier alpha value is -3.00. The normalized spacial score (nSPS) is 11.3. The SMILES string of the molecule is CCCn1c(=O)c2sccc2n2c(CCCC(=O)NCc3ccccc3)nnc12. The van der Waals surface area contributed by atoms with E-state index in [0.717, 1.165) is 23.3 Å². The van der Waals surface area contributed by atoms with Crippen molar-refractivity contribution in [1.82, 2.24) is 24.5 Å². The van der Waals surface area contributed by atoms with Crippen molar-refractivity contribution in [1.29, 1.82) is 0 Å². The topological polar surface area (TPSA) is 81.3 Å². The second kappa shape index (κ2) is 8.57. The number of hydrogen-bond donors (Lipinski definition) is 1. The lowest BCUT2D eigenvalue weighted by atomic mass is 10.2. The van der Waals surface area contributed by atoms with Gasteiger partial charge in [0, 0.05) is 25.9 Å². The first-order valence-corrected chi connectivity index (χ1v) is 10.7. The molecule has 0 saturated carbocycles. The standard InChI is InChI=1S/C21H23N5O2S/c1-2-12-25-20(28)19-16(11-13-29-19)26-17(23-24-21(25)26)9-6-10-18(27)22-14-15-7-4-3-5-8-15/h3-5,7-8,11,13H,2,6,9-10,12,14H2,1H3,(H,22,27). The highest BCUT2D eigenvalue weighted by molar-refractivity contribution is 7.17. The molecule has 0 saturated heterocycles. The molecule has 0 fully saturated rings. The summed E-state index contributed by atoms with van der Waals surface area (Å²) in [7, 11) is 0. The van der Waals surface area contributed by atoms with Gasteiger partial charge in [0.05, 0.1) is 5.52 Å². The summed E-state index contributed by atoms with van der Waals surface area (Å²) in [5.41, 5.74) is 1.91. The maximum Gasteiger partial charge on any atom is 0.272 e. The van der Waals surface area contributed by atoms with Crippen molar-refractivity contribution in [3.05, 3.63) is 63.5 Å². The van der Waals surface area contributed by atoms with E-state index < -0.39 is 0 Å². The largest absolute Gasteiger partial charge is 0.352 e. The van der Waals surface area contributed by atoms with Crippen LogP contribution >= 0.6 is 11.3 Å². The van der Waals surface area contributed by atoms with Crippen molar-refractivity contribution in [2.75, 3.05) is 0 Å². The highest BCUT2D eigenvalue weighted by atomic mass is 32.1. The molecule has 0 spiro atoms. The number of aryl methyl sites for hydroxylation is 2. The Morgan fingerprint density at radius 3 is 2.79 bits per heavy atom. The summed E-state index contributed by atoms with van der Waals surface area (Å²) in [5, 5.41) is 13.5. The molecule has 150 valence electrons. The molecule has 0 radical (unpaired) electrons. The number of rotatable bonds is 8. The Balaban J connectivity index is 1.47. The minimum Gasteiger partial charge on any atom is -0.352 e. The summed E-state index contributed by atoms with van der Waals surface area (Å²) in [4.78, 5) is 24.9. The lowest BCUT2D eigenvalue weighted by Crippen LogP contribution is -2.23. The van der Waals surface area contributed by atoms with E-state index in [1.807, 2.05) is 53.1 Å². The molecule has 3 aromatic heterocycles. The smallest absolute Gasteiger partial charge is 0.272 e. The van der Waals surface area contributed by atoms with Crippen LogP contribution in [0.3, 0.4) is 0 Å².